The van der Waals surface area contributed by atoms with Gasteiger partial charge in [0, 0.05) is 0 Å². The molecule has 2 heteroatoms. The Morgan fingerprint density at radius 2 is 1.67 bits per heavy atom. The Balaban J connectivity index is 2.30. The summed E-state index contributed by atoms with van der Waals surface area (Å²) in [6.45, 7) is 15.8. The van der Waals surface area contributed by atoms with Gasteiger partial charge in [-0.3, -0.25) is 0 Å². The molecule has 1 saturated heterocycles. The summed E-state index contributed by atoms with van der Waals surface area (Å²) < 4.78 is 0. The molecule has 0 spiro atoms. The summed E-state index contributed by atoms with van der Waals surface area (Å²) in [4.78, 5) is 0. The van der Waals surface area contributed by atoms with Crippen LogP contribution in [-0.2, 0) is 0 Å². The summed E-state index contributed by atoms with van der Waals surface area (Å²) in [7, 11) is 0.268. The Morgan fingerprint density at radius 1 is 0.926 bits per heavy atom. The molecule has 0 amide bonds. The average molecular weight is 394 g/mol. The molecule has 0 aliphatic carbocycles. The molecule has 27 heavy (non-hydrogen) atoms. The molecular formula is C25H52BP. The third-order valence-electron chi connectivity index (χ3n) is 7.80. The van der Waals surface area contributed by atoms with E-state index < -0.39 is 0 Å². The fraction of sp³-hybridized carbons (Fsp3) is 1.00. The van der Waals surface area contributed by atoms with Crippen LogP contribution in [0, 0.1) is 5.92 Å². The van der Waals surface area contributed by atoms with Crippen molar-refractivity contribution < 1.29 is 0 Å². The first-order chi connectivity index (χ1) is 13.0. The molecule has 5 atom stereocenters. The van der Waals surface area contributed by atoms with Gasteiger partial charge in [-0.05, 0) is 30.3 Å². The van der Waals surface area contributed by atoms with Gasteiger partial charge in [-0.25, -0.2) is 0 Å². The van der Waals surface area contributed by atoms with Crippen molar-refractivity contribution in [1.82, 2.24) is 0 Å². The van der Waals surface area contributed by atoms with Crippen molar-refractivity contribution in [2.45, 2.75) is 142 Å². The topological polar surface area (TPSA) is 0 Å². The second-order valence-corrected chi connectivity index (χ2v) is 12.9. The highest BCUT2D eigenvalue weighted by Gasteiger charge is 2.32. The third kappa shape index (κ3) is 9.69. The van der Waals surface area contributed by atoms with Crippen LogP contribution in [0.25, 0.3) is 0 Å². The Bertz CT molecular complexity index is 345. The minimum absolute atomic E-state index is 0.268. The summed E-state index contributed by atoms with van der Waals surface area (Å²) in [6, 6.07) is 0. The molecule has 1 heterocycles. The molecule has 0 aromatic rings. The Morgan fingerprint density at radius 3 is 2.33 bits per heavy atom. The van der Waals surface area contributed by atoms with Crippen LogP contribution >= 0.6 is 7.92 Å². The van der Waals surface area contributed by atoms with Gasteiger partial charge in [0.2, 0.25) is 0 Å². The van der Waals surface area contributed by atoms with Gasteiger partial charge in [0.05, 0.1) is 0 Å². The lowest BCUT2D eigenvalue weighted by molar-refractivity contribution is 0.497. The van der Waals surface area contributed by atoms with E-state index in [1.807, 2.05) is 0 Å². The second-order valence-electron chi connectivity index (χ2n) is 9.81. The van der Waals surface area contributed by atoms with Crippen LogP contribution in [0.2, 0.25) is 18.0 Å². The van der Waals surface area contributed by atoms with Crippen molar-refractivity contribution in [3.05, 3.63) is 0 Å². The van der Waals surface area contributed by atoms with Crippen molar-refractivity contribution in [1.29, 1.82) is 0 Å². The van der Waals surface area contributed by atoms with E-state index in [1.54, 1.807) is 6.16 Å². The smallest absolute Gasteiger partial charge is 0.104 e. The molecule has 0 bridgehead atoms. The van der Waals surface area contributed by atoms with Gasteiger partial charge in [-0.15, -0.1) is 7.92 Å². The molecule has 1 fully saturated rings. The average Bonchev–Trinajstić information content (AvgIpc) is 2.68. The van der Waals surface area contributed by atoms with Gasteiger partial charge in [-0.1, -0.05) is 130 Å². The van der Waals surface area contributed by atoms with Crippen LogP contribution in [0.5, 0.6) is 0 Å². The third-order valence-corrected chi connectivity index (χ3v) is 11.2. The van der Waals surface area contributed by atoms with E-state index >= 15 is 0 Å². The van der Waals surface area contributed by atoms with Gasteiger partial charge >= 0.3 is 0 Å². The number of hydrogen-bond acceptors (Lipinski definition) is 0. The Labute approximate surface area is 175 Å². The molecule has 0 nitrogen and oxygen atoms in total. The SMILES string of the molecule is CCCCC(C)[C@H](C)P(CC)CCCCCB1C(C)CCC[C@H]1CCCC. The molecule has 0 radical (unpaired) electrons. The van der Waals surface area contributed by atoms with Crippen LogP contribution in [0.4, 0.5) is 0 Å². The lowest BCUT2D eigenvalue weighted by Crippen LogP contribution is -2.29. The van der Waals surface area contributed by atoms with E-state index in [0.29, 0.717) is 0 Å². The number of unbranched alkanes of at least 4 members (excludes halogenated alkanes) is 4. The predicted molar refractivity (Wildman–Crippen MR) is 131 cm³/mol. The highest BCUT2D eigenvalue weighted by Crippen LogP contribution is 2.46. The van der Waals surface area contributed by atoms with Crippen molar-refractivity contribution >= 4 is 14.6 Å². The maximum Gasteiger partial charge on any atom is 0.146 e. The number of hydrogen-bond donors (Lipinski definition) is 0. The normalized spacial score (nSPS) is 24.0. The fourth-order valence-corrected chi connectivity index (χ4v) is 8.39. The first-order valence-corrected chi connectivity index (χ1v) is 14.6. The van der Waals surface area contributed by atoms with E-state index in [0.717, 1.165) is 29.9 Å². The quantitative estimate of drug-likeness (QED) is 0.147. The predicted octanol–water partition coefficient (Wildman–Crippen LogP) is 9.50. The van der Waals surface area contributed by atoms with E-state index in [1.165, 1.54) is 89.5 Å². The first-order valence-electron chi connectivity index (χ1n) is 12.8. The molecule has 0 aromatic carbocycles. The Kier molecular flexibility index (Phi) is 14.5. The van der Waals surface area contributed by atoms with Crippen molar-refractivity contribution in [2.24, 2.45) is 5.92 Å². The van der Waals surface area contributed by atoms with Crippen LogP contribution < -0.4 is 0 Å². The molecule has 1 aliphatic rings. The Hall–Kier alpha value is 0.495. The first kappa shape index (κ1) is 25.5. The molecule has 0 saturated carbocycles. The zero-order chi connectivity index (χ0) is 20.1. The van der Waals surface area contributed by atoms with E-state index in [2.05, 4.69) is 41.5 Å². The fourth-order valence-electron chi connectivity index (χ4n) is 5.59. The molecule has 3 unspecified atom stereocenters. The van der Waals surface area contributed by atoms with Gasteiger partial charge in [0.1, 0.15) is 6.71 Å². The van der Waals surface area contributed by atoms with Gasteiger partial charge in [0.25, 0.3) is 0 Å². The van der Waals surface area contributed by atoms with Crippen LogP contribution in [0.3, 0.4) is 0 Å². The second kappa shape index (κ2) is 15.4. The maximum absolute atomic E-state index is 2.57. The minimum atomic E-state index is 0.268. The van der Waals surface area contributed by atoms with Crippen LogP contribution in [0.15, 0.2) is 0 Å². The molecule has 1 aliphatic heterocycles. The highest BCUT2D eigenvalue weighted by atomic mass is 31.1. The van der Waals surface area contributed by atoms with E-state index in [4.69, 9.17) is 0 Å². The minimum Gasteiger partial charge on any atom is -0.104 e. The summed E-state index contributed by atoms with van der Waals surface area (Å²) in [5.74, 6) is 2.99. The largest absolute Gasteiger partial charge is 0.146 e. The molecular weight excluding hydrogens is 342 g/mol. The van der Waals surface area contributed by atoms with Crippen molar-refractivity contribution in [2.75, 3.05) is 12.3 Å². The molecule has 1 rings (SSSR count). The van der Waals surface area contributed by atoms with Crippen LogP contribution in [0.1, 0.15) is 119 Å². The van der Waals surface area contributed by atoms with Gasteiger partial charge in [-0.2, -0.15) is 0 Å². The summed E-state index contributed by atoms with van der Waals surface area (Å²) in [6.07, 6.45) is 22.2. The molecule has 0 N–H and O–H groups in total. The van der Waals surface area contributed by atoms with Gasteiger partial charge < -0.3 is 0 Å². The highest BCUT2D eigenvalue weighted by molar-refractivity contribution is 7.58. The summed E-state index contributed by atoms with van der Waals surface area (Å²) in [5.41, 5.74) is 0.980. The monoisotopic (exact) mass is 394 g/mol. The van der Waals surface area contributed by atoms with E-state index in [9.17, 15) is 0 Å². The van der Waals surface area contributed by atoms with Gasteiger partial charge in [0.15, 0.2) is 0 Å². The standard InChI is InChI=1S/C25H52BP/c1-7-10-16-22(4)24(6)27(9-3)21-14-12-13-20-26-23(5)17-15-19-25(26)18-11-8-2/h22-25H,7-21H2,1-6H3/t22?,23?,24-,25+,27?/m0/s1. The summed E-state index contributed by atoms with van der Waals surface area (Å²) in [5, 5.41) is 0. The zero-order valence-corrected chi connectivity index (χ0v) is 20.8. The number of rotatable bonds is 15. The molecule has 0 aromatic heterocycles. The van der Waals surface area contributed by atoms with E-state index in [-0.39, 0.29) is 7.92 Å². The van der Waals surface area contributed by atoms with Crippen molar-refractivity contribution in [3.8, 4) is 0 Å². The zero-order valence-electron chi connectivity index (χ0n) is 19.9. The van der Waals surface area contributed by atoms with Crippen molar-refractivity contribution in [3.63, 3.8) is 0 Å². The molecule has 160 valence electrons. The van der Waals surface area contributed by atoms with Crippen LogP contribution in [-0.4, -0.2) is 24.7 Å². The maximum atomic E-state index is 2.57. The lowest BCUT2D eigenvalue weighted by Gasteiger charge is -2.34. The lowest BCUT2D eigenvalue weighted by atomic mass is 9.28. The summed E-state index contributed by atoms with van der Waals surface area (Å²) >= 11 is 0.